The maximum Gasteiger partial charge on any atom is 0.349 e. The predicted octanol–water partition coefficient (Wildman–Crippen LogP) is 3.33. The summed E-state index contributed by atoms with van der Waals surface area (Å²) in [6.07, 6.45) is 1.45. The van der Waals surface area contributed by atoms with Gasteiger partial charge in [-0.1, -0.05) is 42.5 Å². The van der Waals surface area contributed by atoms with E-state index in [9.17, 15) is 9.90 Å². The molecule has 0 saturated heterocycles. The Morgan fingerprint density at radius 2 is 1.80 bits per heavy atom. The van der Waals surface area contributed by atoms with E-state index in [1.54, 1.807) is 19.9 Å². The lowest BCUT2D eigenvalue weighted by Crippen LogP contribution is -2.25. The molecule has 0 spiro atoms. The Kier molecular flexibility index (Phi) is 8.92. The molecule has 2 aromatic carbocycles. The van der Waals surface area contributed by atoms with Crippen molar-refractivity contribution in [3.63, 3.8) is 0 Å². The van der Waals surface area contributed by atoms with Gasteiger partial charge in [-0.3, -0.25) is 0 Å². The summed E-state index contributed by atoms with van der Waals surface area (Å²) in [5, 5.41) is 17.6. The van der Waals surface area contributed by atoms with E-state index < -0.39 is 11.9 Å². The average Bonchev–Trinajstić information content (AvgIpc) is 2.74. The fourth-order valence-electron chi connectivity index (χ4n) is 2.35. The number of ether oxygens (including phenoxy) is 3. The van der Waals surface area contributed by atoms with E-state index in [-0.39, 0.29) is 24.6 Å². The first-order chi connectivity index (χ1) is 14.5. The number of amidine groups is 1. The van der Waals surface area contributed by atoms with Gasteiger partial charge in [0.2, 0.25) is 0 Å². The lowest BCUT2D eigenvalue weighted by molar-refractivity contribution is -0.138. The van der Waals surface area contributed by atoms with E-state index in [4.69, 9.17) is 19.9 Å². The largest absolute Gasteiger partial charge is 0.489 e. The van der Waals surface area contributed by atoms with Crippen molar-refractivity contribution in [1.82, 2.24) is 0 Å². The molecule has 0 aromatic heterocycles. The van der Waals surface area contributed by atoms with E-state index in [0.717, 1.165) is 5.56 Å². The van der Waals surface area contributed by atoms with Crippen LogP contribution in [0, 0.1) is 0 Å². The van der Waals surface area contributed by atoms with E-state index in [2.05, 4.69) is 10.2 Å². The Morgan fingerprint density at radius 1 is 1.07 bits per heavy atom. The fraction of sp³-hybridized carbons (Fsp3) is 0.227. The second kappa shape index (κ2) is 11.9. The molecule has 0 bridgehead atoms. The highest BCUT2D eigenvalue weighted by molar-refractivity contribution is 6.18. The monoisotopic (exact) mass is 411 g/mol. The van der Waals surface area contributed by atoms with Crippen molar-refractivity contribution in [2.75, 3.05) is 13.2 Å². The fourth-order valence-corrected chi connectivity index (χ4v) is 2.35. The second-order valence-corrected chi connectivity index (χ2v) is 5.91. The third-order valence-corrected chi connectivity index (χ3v) is 3.71. The first kappa shape index (κ1) is 22.5. The summed E-state index contributed by atoms with van der Waals surface area (Å²) in [5.74, 6) is -1.17. The van der Waals surface area contributed by atoms with Crippen LogP contribution in [-0.4, -0.2) is 36.3 Å². The third kappa shape index (κ3) is 6.97. The van der Waals surface area contributed by atoms with Crippen molar-refractivity contribution < 1.29 is 24.1 Å². The Morgan fingerprint density at radius 3 is 2.50 bits per heavy atom. The van der Waals surface area contributed by atoms with Gasteiger partial charge in [0.1, 0.15) is 12.4 Å². The van der Waals surface area contributed by atoms with Crippen LogP contribution in [0.15, 0.2) is 76.3 Å². The third-order valence-electron chi connectivity index (χ3n) is 3.71. The zero-order valence-electron chi connectivity index (χ0n) is 16.9. The summed E-state index contributed by atoms with van der Waals surface area (Å²) in [6, 6.07) is 17.1. The normalized spacial score (nSPS) is 12.4. The standard InChI is InChI=1S/C22H25N3O5/c1-3-28-21(26)19(22(27)29-4-2)20(23)25-24-14-17-11-8-12-18(13-17)30-15-16-9-6-5-7-10-16/h5-14,26H,3-4,15H2,1-2H3,(H2,23,25)/b21-19?,24-14+. The number of carbonyl (C=O) groups excluding carboxylic acids is 1. The van der Waals surface area contributed by atoms with Crippen LogP contribution in [0.2, 0.25) is 0 Å². The quantitative estimate of drug-likeness (QED) is 0.155. The summed E-state index contributed by atoms with van der Waals surface area (Å²) in [5.41, 5.74) is 7.19. The summed E-state index contributed by atoms with van der Waals surface area (Å²) in [6.45, 7) is 3.97. The molecule has 0 aliphatic carbocycles. The molecule has 0 aliphatic heterocycles. The molecule has 8 nitrogen and oxygen atoms in total. The van der Waals surface area contributed by atoms with Crippen molar-refractivity contribution in [2.45, 2.75) is 20.5 Å². The minimum Gasteiger partial charge on any atom is -0.489 e. The van der Waals surface area contributed by atoms with Crippen molar-refractivity contribution in [2.24, 2.45) is 15.9 Å². The van der Waals surface area contributed by atoms with Crippen LogP contribution in [0.3, 0.4) is 0 Å². The minimum absolute atomic E-state index is 0.105. The first-order valence-electron chi connectivity index (χ1n) is 9.42. The van der Waals surface area contributed by atoms with Crippen molar-refractivity contribution in [3.05, 3.63) is 77.2 Å². The number of benzene rings is 2. The van der Waals surface area contributed by atoms with Gasteiger partial charge in [0.15, 0.2) is 11.4 Å². The van der Waals surface area contributed by atoms with Crippen molar-refractivity contribution >= 4 is 18.0 Å². The average molecular weight is 411 g/mol. The van der Waals surface area contributed by atoms with Crippen LogP contribution in [0.4, 0.5) is 0 Å². The smallest absolute Gasteiger partial charge is 0.349 e. The zero-order valence-corrected chi connectivity index (χ0v) is 16.9. The molecule has 0 unspecified atom stereocenters. The van der Waals surface area contributed by atoms with Crippen LogP contribution in [-0.2, 0) is 20.9 Å². The molecule has 2 rings (SSSR count). The number of aliphatic hydroxyl groups is 1. The van der Waals surface area contributed by atoms with E-state index in [1.807, 2.05) is 48.5 Å². The van der Waals surface area contributed by atoms with Gasteiger partial charge in [-0.2, -0.15) is 5.10 Å². The molecule has 30 heavy (non-hydrogen) atoms. The Labute approximate surface area is 175 Å². The van der Waals surface area contributed by atoms with Crippen LogP contribution >= 0.6 is 0 Å². The number of carbonyl (C=O) groups is 1. The zero-order chi connectivity index (χ0) is 21.8. The highest BCUT2D eigenvalue weighted by atomic mass is 16.6. The van der Waals surface area contributed by atoms with Gasteiger partial charge in [-0.05, 0) is 37.1 Å². The van der Waals surface area contributed by atoms with Crippen LogP contribution in [0.5, 0.6) is 5.75 Å². The molecule has 0 saturated carbocycles. The first-order valence-corrected chi connectivity index (χ1v) is 9.42. The van der Waals surface area contributed by atoms with Crippen LogP contribution in [0.1, 0.15) is 25.0 Å². The summed E-state index contributed by atoms with van der Waals surface area (Å²) in [4.78, 5) is 12.0. The van der Waals surface area contributed by atoms with Gasteiger partial charge >= 0.3 is 5.97 Å². The SMILES string of the molecule is CCOC(=O)C(C(N)=N/N=C/c1cccc(OCc2ccccc2)c1)=C(O)OCC. The van der Waals surface area contributed by atoms with E-state index in [0.29, 0.717) is 17.9 Å². The Balaban J connectivity index is 2.10. The van der Waals surface area contributed by atoms with Gasteiger partial charge in [-0.15, -0.1) is 5.10 Å². The molecule has 3 N–H and O–H groups in total. The van der Waals surface area contributed by atoms with Gasteiger partial charge in [0, 0.05) is 0 Å². The Hall–Kier alpha value is -3.81. The lowest BCUT2D eigenvalue weighted by atomic mass is 10.2. The summed E-state index contributed by atoms with van der Waals surface area (Å²) >= 11 is 0. The molecule has 0 aliphatic rings. The van der Waals surface area contributed by atoms with Crippen LogP contribution < -0.4 is 10.5 Å². The maximum atomic E-state index is 12.0. The Bertz CT molecular complexity index is 923. The van der Waals surface area contributed by atoms with Crippen molar-refractivity contribution in [3.8, 4) is 5.75 Å². The number of rotatable bonds is 10. The van der Waals surface area contributed by atoms with Gasteiger partial charge < -0.3 is 25.1 Å². The maximum absolute atomic E-state index is 12.0. The molecule has 0 radical (unpaired) electrons. The number of aliphatic hydroxyl groups excluding tert-OH is 1. The van der Waals surface area contributed by atoms with Crippen LogP contribution in [0.25, 0.3) is 0 Å². The minimum atomic E-state index is -0.851. The van der Waals surface area contributed by atoms with Gasteiger partial charge in [-0.25, -0.2) is 4.79 Å². The number of nitrogens with zero attached hydrogens (tertiary/aromatic N) is 2. The topological polar surface area (TPSA) is 116 Å². The highest BCUT2D eigenvalue weighted by Gasteiger charge is 2.22. The summed E-state index contributed by atoms with van der Waals surface area (Å²) in [7, 11) is 0. The molecule has 0 atom stereocenters. The number of esters is 1. The molecular weight excluding hydrogens is 386 g/mol. The van der Waals surface area contributed by atoms with Crippen molar-refractivity contribution in [1.29, 1.82) is 0 Å². The summed E-state index contributed by atoms with van der Waals surface area (Å²) < 4.78 is 15.6. The van der Waals surface area contributed by atoms with Gasteiger partial charge in [0.05, 0.1) is 19.4 Å². The molecule has 0 amide bonds. The molecule has 0 heterocycles. The molecular formula is C22H25N3O5. The molecule has 8 heteroatoms. The predicted molar refractivity (Wildman–Crippen MR) is 114 cm³/mol. The van der Waals surface area contributed by atoms with Gasteiger partial charge in [0.25, 0.3) is 5.95 Å². The lowest BCUT2D eigenvalue weighted by Gasteiger charge is -2.08. The van der Waals surface area contributed by atoms with E-state index in [1.165, 1.54) is 6.21 Å². The highest BCUT2D eigenvalue weighted by Crippen LogP contribution is 2.14. The second-order valence-electron chi connectivity index (χ2n) is 5.91. The molecule has 2 aromatic rings. The van der Waals surface area contributed by atoms with E-state index >= 15 is 0 Å². The molecule has 0 fully saturated rings. The number of hydrogen-bond acceptors (Lipinski definition) is 7. The number of hydrogen-bond donors (Lipinski definition) is 2. The number of nitrogens with two attached hydrogens (primary N) is 1. The molecule has 158 valence electrons.